The molecule has 1 rings (SSSR count). The quantitative estimate of drug-likeness (QED) is 0.641. The Labute approximate surface area is 88.1 Å². The molecule has 1 heterocycles. The van der Waals surface area contributed by atoms with Gasteiger partial charge in [-0.15, -0.1) is 12.4 Å². The van der Waals surface area contributed by atoms with Gasteiger partial charge in [-0.05, 0) is 12.5 Å². The van der Waals surface area contributed by atoms with E-state index in [9.17, 15) is 9.90 Å². The van der Waals surface area contributed by atoms with Crippen LogP contribution in [0, 0.1) is 6.92 Å². The summed E-state index contributed by atoms with van der Waals surface area (Å²) in [4.78, 5) is 13.2. The van der Waals surface area contributed by atoms with E-state index in [0.717, 1.165) is 0 Å². The molecular weight excluding hydrogens is 206 g/mol. The Kier molecular flexibility index (Phi) is 4.46. The van der Waals surface area contributed by atoms with E-state index in [1.807, 2.05) is 0 Å². The molecule has 3 N–H and O–H groups in total. The maximum Gasteiger partial charge on any atom is 0.251 e. The van der Waals surface area contributed by atoms with Gasteiger partial charge in [-0.25, -0.2) is 5.01 Å². The normalized spacial score (nSPS) is 9.71. The van der Waals surface area contributed by atoms with Gasteiger partial charge in [0.1, 0.15) is 5.69 Å². The third-order valence-corrected chi connectivity index (χ3v) is 1.56. The Morgan fingerprint density at radius 2 is 2.07 bits per heavy atom. The fraction of sp³-hybridized carbons (Fsp3) is 0.375. The van der Waals surface area contributed by atoms with E-state index in [1.165, 1.54) is 6.07 Å². The minimum Gasteiger partial charge on any atom is -0.493 e. The van der Waals surface area contributed by atoms with Gasteiger partial charge < -0.3 is 10.5 Å². The van der Waals surface area contributed by atoms with Gasteiger partial charge in [-0.1, -0.05) is 0 Å². The lowest BCUT2D eigenvalue weighted by molar-refractivity contribution is 0.439. The number of hydrogen-bond acceptors (Lipinski definition) is 4. The SMILES string of the molecule is Cc1cc(=O)[nH]c(O)c1NN(C)C.Cl. The van der Waals surface area contributed by atoms with Crippen molar-refractivity contribution in [3.8, 4) is 5.88 Å². The second kappa shape index (κ2) is 4.88. The fourth-order valence-corrected chi connectivity index (χ4v) is 1.04. The molecule has 1 aromatic rings. The van der Waals surface area contributed by atoms with Crippen LogP contribution in [0.15, 0.2) is 10.9 Å². The van der Waals surface area contributed by atoms with Crippen molar-refractivity contribution >= 4 is 18.1 Å². The summed E-state index contributed by atoms with van der Waals surface area (Å²) < 4.78 is 0. The van der Waals surface area contributed by atoms with E-state index in [-0.39, 0.29) is 23.8 Å². The van der Waals surface area contributed by atoms with E-state index in [0.29, 0.717) is 11.3 Å². The van der Waals surface area contributed by atoms with E-state index in [4.69, 9.17) is 0 Å². The van der Waals surface area contributed by atoms with Crippen molar-refractivity contribution in [2.75, 3.05) is 19.5 Å². The molecule has 0 saturated heterocycles. The molecule has 5 nitrogen and oxygen atoms in total. The first kappa shape index (κ1) is 12.8. The number of aryl methyl sites for hydroxylation is 1. The van der Waals surface area contributed by atoms with Crippen LogP contribution in [0.2, 0.25) is 0 Å². The lowest BCUT2D eigenvalue weighted by atomic mass is 10.2. The molecule has 0 unspecified atom stereocenters. The van der Waals surface area contributed by atoms with Gasteiger partial charge in [-0.3, -0.25) is 9.78 Å². The Morgan fingerprint density at radius 1 is 1.50 bits per heavy atom. The van der Waals surface area contributed by atoms with E-state index in [1.54, 1.807) is 26.0 Å². The molecule has 0 aliphatic heterocycles. The molecule has 0 aromatic carbocycles. The summed E-state index contributed by atoms with van der Waals surface area (Å²) >= 11 is 0. The highest BCUT2D eigenvalue weighted by Crippen LogP contribution is 2.21. The number of pyridine rings is 1. The van der Waals surface area contributed by atoms with Crippen LogP contribution in [0.25, 0.3) is 0 Å². The molecule has 14 heavy (non-hydrogen) atoms. The molecule has 0 amide bonds. The number of anilines is 1. The van der Waals surface area contributed by atoms with Gasteiger partial charge in [0, 0.05) is 20.2 Å². The van der Waals surface area contributed by atoms with Gasteiger partial charge in [0.05, 0.1) is 0 Å². The second-order valence-corrected chi connectivity index (χ2v) is 3.05. The molecule has 6 heteroatoms. The number of H-pyrrole nitrogens is 1. The Bertz CT molecular complexity index is 336. The summed E-state index contributed by atoms with van der Waals surface area (Å²) in [6, 6.07) is 1.42. The van der Waals surface area contributed by atoms with Gasteiger partial charge in [0.2, 0.25) is 5.88 Å². The van der Waals surface area contributed by atoms with Crippen molar-refractivity contribution in [2.45, 2.75) is 6.92 Å². The van der Waals surface area contributed by atoms with Crippen molar-refractivity contribution in [3.63, 3.8) is 0 Å². The van der Waals surface area contributed by atoms with Crippen molar-refractivity contribution in [3.05, 3.63) is 22.0 Å². The van der Waals surface area contributed by atoms with Crippen LogP contribution in [-0.2, 0) is 0 Å². The first-order valence-electron chi connectivity index (χ1n) is 3.87. The number of halogens is 1. The summed E-state index contributed by atoms with van der Waals surface area (Å²) in [6.45, 7) is 1.75. The molecule has 0 aliphatic carbocycles. The molecule has 80 valence electrons. The summed E-state index contributed by atoms with van der Waals surface area (Å²) in [5, 5.41) is 11.1. The topological polar surface area (TPSA) is 68.4 Å². The first-order chi connectivity index (χ1) is 6.00. The minimum atomic E-state index is -0.306. The van der Waals surface area contributed by atoms with E-state index >= 15 is 0 Å². The smallest absolute Gasteiger partial charge is 0.251 e. The first-order valence-corrected chi connectivity index (χ1v) is 3.87. The lowest BCUT2D eigenvalue weighted by Crippen LogP contribution is -2.21. The summed E-state index contributed by atoms with van der Waals surface area (Å²) in [5.74, 6) is -0.140. The van der Waals surface area contributed by atoms with Crippen LogP contribution in [0.3, 0.4) is 0 Å². The molecule has 0 saturated carbocycles. The zero-order chi connectivity index (χ0) is 10.0. The van der Waals surface area contributed by atoms with Crippen molar-refractivity contribution in [1.82, 2.24) is 9.99 Å². The van der Waals surface area contributed by atoms with Crippen LogP contribution in [0.5, 0.6) is 5.88 Å². The molecule has 0 spiro atoms. The number of nitrogens with one attached hydrogen (secondary N) is 2. The predicted octanol–water partition coefficient (Wildman–Crippen LogP) is 0.699. The molecular formula is C8H14ClN3O2. The van der Waals surface area contributed by atoms with Crippen LogP contribution in [-0.4, -0.2) is 29.2 Å². The van der Waals surface area contributed by atoms with E-state index in [2.05, 4.69) is 10.4 Å². The monoisotopic (exact) mass is 219 g/mol. The van der Waals surface area contributed by atoms with Gasteiger partial charge in [0.15, 0.2) is 0 Å². The number of nitrogens with zero attached hydrogens (tertiary/aromatic N) is 1. The third-order valence-electron chi connectivity index (χ3n) is 1.56. The molecule has 1 aromatic heterocycles. The Balaban J connectivity index is 0.00000169. The summed E-state index contributed by atoms with van der Waals surface area (Å²) in [6.07, 6.45) is 0. The molecule has 0 fully saturated rings. The average molecular weight is 220 g/mol. The van der Waals surface area contributed by atoms with Crippen LogP contribution >= 0.6 is 12.4 Å². The highest BCUT2D eigenvalue weighted by Gasteiger charge is 2.06. The Morgan fingerprint density at radius 3 is 2.50 bits per heavy atom. The van der Waals surface area contributed by atoms with E-state index < -0.39 is 0 Å². The molecule has 0 aliphatic rings. The van der Waals surface area contributed by atoms with Crippen LogP contribution < -0.4 is 11.0 Å². The Hall–Kier alpha value is -1.20. The second-order valence-electron chi connectivity index (χ2n) is 3.05. The van der Waals surface area contributed by atoms with Crippen molar-refractivity contribution in [1.29, 1.82) is 0 Å². The molecule has 0 atom stereocenters. The average Bonchev–Trinajstić information content (AvgIpc) is 1.96. The number of rotatable bonds is 2. The third kappa shape index (κ3) is 2.93. The van der Waals surface area contributed by atoms with Crippen LogP contribution in [0.1, 0.15) is 5.56 Å². The molecule has 0 radical (unpaired) electrons. The highest BCUT2D eigenvalue weighted by molar-refractivity contribution is 5.85. The number of aromatic hydroxyl groups is 1. The number of aromatic nitrogens is 1. The van der Waals surface area contributed by atoms with Crippen LogP contribution in [0.4, 0.5) is 5.69 Å². The molecule has 0 bridgehead atoms. The lowest BCUT2D eigenvalue weighted by Gasteiger charge is -2.15. The standard InChI is InChI=1S/C8H13N3O2.ClH/c1-5-4-6(12)9-8(13)7(5)10-11(2)3;/h4,10H,1-3H3,(H2,9,12,13);1H. The predicted molar refractivity (Wildman–Crippen MR) is 58.0 cm³/mol. The number of aromatic amines is 1. The number of hydrazine groups is 1. The minimum absolute atomic E-state index is 0. The van der Waals surface area contributed by atoms with Gasteiger partial charge >= 0.3 is 0 Å². The maximum absolute atomic E-state index is 10.9. The van der Waals surface area contributed by atoms with Gasteiger partial charge in [-0.2, -0.15) is 0 Å². The highest BCUT2D eigenvalue weighted by atomic mass is 35.5. The summed E-state index contributed by atoms with van der Waals surface area (Å²) in [5.41, 5.74) is 3.80. The van der Waals surface area contributed by atoms with Crippen molar-refractivity contribution in [2.24, 2.45) is 0 Å². The van der Waals surface area contributed by atoms with Crippen molar-refractivity contribution < 1.29 is 5.11 Å². The zero-order valence-corrected chi connectivity index (χ0v) is 9.10. The maximum atomic E-state index is 10.9. The van der Waals surface area contributed by atoms with Gasteiger partial charge in [0.25, 0.3) is 5.56 Å². The summed E-state index contributed by atoms with van der Waals surface area (Å²) in [7, 11) is 3.59. The zero-order valence-electron chi connectivity index (χ0n) is 8.29. The number of hydrogen-bond donors (Lipinski definition) is 3. The largest absolute Gasteiger partial charge is 0.493 e. The fourth-order valence-electron chi connectivity index (χ4n) is 1.04.